The van der Waals surface area contributed by atoms with Gasteiger partial charge in [0.15, 0.2) is 0 Å². The number of ether oxygens (including phenoxy) is 1. The summed E-state index contributed by atoms with van der Waals surface area (Å²) in [5, 5.41) is 3.57. The second kappa shape index (κ2) is 10.9. The molecule has 0 aromatic heterocycles. The molecule has 2 aromatic carbocycles. The Bertz CT molecular complexity index is 1330. The lowest BCUT2D eigenvalue weighted by molar-refractivity contribution is -0.274. The average Bonchev–Trinajstić information content (AvgIpc) is 3.70. The number of halogens is 3. The molecule has 1 unspecified atom stereocenters. The third-order valence-corrected chi connectivity index (χ3v) is 10.4. The number of likely N-dealkylation sites (tertiary alicyclic amines) is 2. The quantitative estimate of drug-likeness (QED) is 0.478. The molecule has 0 aliphatic carbocycles. The summed E-state index contributed by atoms with van der Waals surface area (Å²) < 4.78 is 42.3. The summed E-state index contributed by atoms with van der Waals surface area (Å²) >= 11 is 0. The van der Waals surface area contributed by atoms with Crippen LogP contribution < -0.4 is 19.4 Å². The Kier molecular flexibility index (Phi) is 7.50. The van der Waals surface area contributed by atoms with Crippen LogP contribution >= 0.6 is 0 Å². The van der Waals surface area contributed by atoms with Gasteiger partial charge in [-0.15, -0.1) is 13.2 Å². The zero-order valence-electron chi connectivity index (χ0n) is 24.4. The minimum atomic E-state index is -4.78. The number of alkyl halides is 3. The number of carbonyl (C=O) groups is 2. The maximum Gasteiger partial charge on any atom is 0.573 e. The predicted molar refractivity (Wildman–Crippen MR) is 155 cm³/mol. The van der Waals surface area contributed by atoms with E-state index in [2.05, 4.69) is 42.1 Å². The van der Waals surface area contributed by atoms with Crippen molar-refractivity contribution in [2.75, 3.05) is 44.2 Å². The molecule has 226 valence electrons. The minimum Gasteiger partial charge on any atom is -0.406 e. The van der Waals surface area contributed by atoms with Crippen molar-refractivity contribution in [1.82, 2.24) is 14.7 Å². The standard InChI is InChI=1S/C32H40F3N4O3/c1-22-20-25(39(19-3-4-23(39)2)26-11-15-36-21-26)7-10-28(22)38-18-14-31(30(38)41)12-16-37(17-13-31)29(40)24-5-8-27(9-6-24)42-32(33,34)35/h5-10,20,23,26,36H,3-4,11-19,21H2,1-2H3/q+1/t23-,26-,39?/m1/s1. The van der Waals surface area contributed by atoms with Crippen LogP contribution in [-0.4, -0.2) is 74.4 Å². The zero-order chi connectivity index (χ0) is 29.7. The molecular formula is C32H40F3N4O3+. The summed E-state index contributed by atoms with van der Waals surface area (Å²) in [6.07, 6.45) is 0.793. The number of piperidine rings is 1. The van der Waals surface area contributed by atoms with Gasteiger partial charge < -0.3 is 19.9 Å². The summed E-state index contributed by atoms with van der Waals surface area (Å²) in [6, 6.07) is 12.9. The summed E-state index contributed by atoms with van der Waals surface area (Å²) in [7, 11) is 0. The molecule has 0 saturated carbocycles. The van der Waals surface area contributed by atoms with Gasteiger partial charge >= 0.3 is 6.36 Å². The van der Waals surface area contributed by atoms with Gasteiger partial charge in [0.05, 0.1) is 18.0 Å². The highest BCUT2D eigenvalue weighted by Crippen LogP contribution is 2.46. The molecule has 4 fully saturated rings. The van der Waals surface area contributed by atoms with E-state index >= 15 is 0 Å². The van der Waals surface area contributed by atoms with Crippen LogP contribution in [0.25, 0.3) is 0 Å². The predicted octanol–water partition coefficient (Wildman–Crippen LogP) is 5.40. The number of anilines is 1. The van der Waals surface area contributed by atoms with E-state index in [0.717, 1.165) is 47.4 Å². The molecule has 4 heterocycles. The molecule has 2 amide bonds. The van der Waals surface area contributed by atoms with Crippen LogP contribution in [-0.2, 0) is 4.79 Å². The van der Waals surface area contributed by atoms with Crippen molar-refractivity contribution in [2.45, 2.75) is 70.8 Å². The highest BCUT2D eigenvalue weighted by atomic mass is 19.4. The summed E-state index contributed by atoms with van der Waals surface area (Å²) in [5.74, 6) is -0.473. The molecule has 0 bridgehead atoms. The normalized spacial score (nSPS) is 27.7. The highest BCUT2D eigenvalue weighted by Gasteiger charge is 2.51. The summed E-state index contributed by atoms with van der Waals surface area (Å²) in [5.41, 5.74) is 3.29. The molecule has 10 heteroatoms. The number of rotatable bonds is 5. The van der Waals surface area contributed by atoms with Gasteiger partial charge in [-0.25, -0.2) is 0 Å². The van der Waals surface area contributed by atoms with Crippen LogP contribution in [0.5, 0.6) is 5.75 Å². The maximum absolute atomic E-state index is 13.9. The van der Waals surface area contributed by atoms with Gasteiger partial charge in [0, 0.05) is 75.4 Å². The van der Waals surface area contributed by atoms with Crippen molar-refractivity contribution in [2.24, 2.45) is 5.41 Å². The molecule has 42 heavy (non-hydrogen) atoms. The van der Waals surface area contributed by atoms with Crippen molar-refractivity contribution in [3.8, 4) is 5.75 Å². The molecule has 4 saturated heterocycles. The van der Waals surface area contributed by atoms with Gasteiger partial charge in [0.2, 0.25) is 5.91 Å². The Morgan fingerprint density at radius 1 is 1.05 bits per heavy atom. The fraction of sp³-hybridized carbons (Fsp3) is 0.562. The van der Waals surface area contributed by atoms with E-state index < -0.39 is 11.8 Å². The average molecular weight is 586 g/mol. The van der Waals surface area contributed by atoms with Gasteiger partial charge in [-0.1, -0.05) is 0 Å². The van der Waals surface area contributed by atoms with E-state index in [1.54, 1.807) is 4.90 Å². The van der Waals surface area contributed by atoms with E-state index in [9.17, 15) is 22.8 Å². The first kappa shape index (κ1) is 29.0. The number of aryl methyl sites for hydroxylation is 1. The van der Waals surface area contributed by atoms with E-state index in [0.29, 0.717) is 50.1 Å². The van der Waals surface area contributed by atoms with Crippen LogP contribution in [0.1, 0.15) is 61.4 Å². The first-order chi connectivity index (χ1) is 20.0. The van der Waals surface area contributed by atoms with Gasteiger partial charge in [0.1, 0.15) is 17.5 Å². The summed E-state index contributed by atoms with van der Waals surface area (Å²) in [4.78, 5) is 30.6. The molecule has 4 aliphatic heterocycles. The molecule has 1 spiro atoms. The maximum atomic E-state index is 13.9. The Balaban J connectivity index is 1.13. The topological polar surface area (TPSA) is 61.9 Å². The Labute approximate surface area is 245 Å². The fourth-order valence-corrected chi connectivity index (χ4v) is 8.10. The first-order valence-corrected chi connectivity index (χ1v) is 15.2. The number of nitrogens with one attached hydrogen (secondary N) is 1. The minimum absolute atomic E-state index is 0.137. The molecule has 6 rings (SSSR count). The fourth-order valence-electron chi connectivity index (χ4n) is 8.10. The molecular weight excluding hydrogens is 545 g/mol. The lowest BCUT2D eigenvalue weighted by atomic mass is 9.77. The van der Waals surface area contributed by atoms with Crippen molar-refractivity contribution < 1.29 is 27.5 Å². The monoisotopic (exact) mass is 585 g/mol. The lowest BCUT2D eigenvalue weighted by Gasteiger charge is -2.43. The van der Waals surface area contributed by atoms with Crippen LogP contribution in [0.15, 0.2) is 42.5 Å². The van der Waals surface area contributed by atoms with Crippen molar-refractivity contribution >= 4 is 23.2 Å². The van der Waals surface area contributed by atoms with E-state index in [1.807, 2.05) is 4.90 Å². The smallest absolute Gasteiger partial charge is 0.406 e. The largest absolute Gasteiger partial charge is 0.573 e. The number of benzene rings is 2. The first-order valence-electron chi connectivity index (χ1n) is 15.2. The van der Waals surface area contributed by atoms with Crippen molar-refractivity contribution in [3.63, 3.8) is 0 Å². The van der Waals surface area contributed by atoms with E-state index in [-0.39, 0.29) is 17.6 Å². The molecule has 0 radical (unpaired) electrons. The van der Waals surface area contributed by atoms with Gasteiger partial charge in [0.25, 0.3) is 5.91 Å². The molecule has 1 N–H and O–H groups in total. The van der Waals surface area contributed by atoms with Gasteiger partial charge in [-0.3, -0.25) is 14.1 Å². The number of hydrogen-bond acceptors (Lipinski definition) is 4. The Hall–Kier alpha value is -3.11. The second-order valence-corrected chi connectivity index (χ2v) is 12.6. The highest BCUT2D eigenvalue weighted by molar-refractivity contribution is 6.01. The third-order valence-electron chi connectivity index (χ3n) is 10.4. The van der Waals surface area contributed by atoms with Crippen LogP contribution in [0.4, 0.5) is 24.5 Å². The third kappa shape index (κ3) is 5.06. The van der Waals surface area contributed by atoms with Gasteiger partial charge in [-0.05, 0) is 69.0 Å². The molecule has 7 nitrogen and oxygen atoms in total. The number of amides is 2. The number of hydrogen-bond donors (Lipinski definition) is 1. The van der Waals surface area contributed by atoms with Crippen molar-refractivity contribution in [3.05, 3.63) is 53.6 Å². The Morgan fingerprint density at radius 2 is 1.76 bits per heavy atom. The van der Waals surface area contributed by atoms with Crippen molar-refractivity contribution in [1.29, 1.82) is 0 Å². The zero-order valence-corrected chi connectivity index (χ0v) is 24.4. The summed E-state index contributed by atoms with van der Waals surface area (Å²) in [6.45, 7) is 9.33. The van der Waals surface area contributed by atoms with E-state index in [1.165, 1.54) is 43.6 Å². The molecule has 2 aromatic rings. The number of nitrogens with zero attached hydrogens (tertiary/aromatic N) is 3. The van der Waals surface area contributed by atoms with E-state index in [4.69, 9.17) is 0 Å². The molecule has 4 aliphatic rings. The van der Waals surface area contributed by atoms with Crippen LogP contribution in [0.2, 0.25) is 0 Å². The second-order valence-electron chi connectivity index (χ2n) is 12.6. The van der Waals surface area contributed by atoms with Crippen LogP contribution in [0.3, 0.4) is 0 Å². The Morgan fingerprint density at radius 3 is 2.36 bits per heavy atom. The van der Waals surface area contributed by atoms with Gasteiger partial charge in [-0.2, -0.15) is 0 Å². The lowest BCUT2D eigenvalue weighted by Crippen LogP contribution is -2.59. The van der Waals surface area contributed by atoms with Crippen LogP contribution in [0, 0.1) is 12.3 Å². The molecule has 3 atom stereocenters. The number of carbonyl (C=O) groups excluding carboxylic acids is 2. The SMILES string of the molecule is Cc1cc([N+]2([C@@H]3CCNC3)CCC[C@H]2C)ccc1N1CCC2(CCN(C(=O)c3ccc(OC(F)(F)F)cc3)CC2)C1=O. The number of quaternary nitrogens is 1.